The molecule has 3 unspecified atom stereocenters. The minimum absolute atomic E-state index is 0.0287. The average molecular weight is 586 g/mol. The number of fused-ring (bicyclic) bond motifs is 1. The van der Waals surface area contributed by atoms with Gasteiger partial charge in [-0.1, -0.05) is 24.8 Å². The zero-order valence-corrected chi connectivity index (χ0v) is 23.8. The highest BCUT2D eigenvalue weighted by Crippen LogP contribution is 2.42. The fraction of sp³-hybridized carbons (Fsp3) is 0.516. The number of carbonyl (C=O) groups excluding carboxylic acids is 2. The minimum atomic E-state index is -3.18. The molecular formula is C31H38F3N5O3. The van der Waals surface area contributed by atoms with Crippen molar-refractivity contribution >= 4 is 23.6 Å². The van der Waals surface area contributed by atoms with Gasteiger partial charge in [-0.05, 0) is 69.2 Å². The Labute approximate surface area is 243 Å². The highest BCUT2D eigenvalue weighted by Gasteiger charge is 2.48. The van der Waals surface area contributed by atoms with Crippen LogP contribution in [0.2, 0.25) is 0 Å². The van der Waals surface area contributed by atoms with Crippen molar-refractivity contribution in [1.82, 2.24) is 24.7 Å². The van der Waals surface area contributed by atoms with Gasteiger partial charge in [0.15, 0.2) is 6.17 Å². The molecular weight excluding hydrogens is 547 g/mol. The molecule has 0 spiro atoms. The highest BCUT2D eigenvalue weighted by molar-refractivity contribution is 5.96. The minimum Gasteiger partial charge on any atom is -0.384 e. The number of alkyl halides is 3. The van der Waals surface area contributed by atoms with Gasteiger partial charge in [0.1, 0.15) is 5.60 Å². The molecule has 2 aromatic rings. The molecule has 1 aromatic carbocycles. The van der Waals surface area contributed by atoms with Crippen LogP contribution in [0.1, 0.15) is 73.2 Å². The topological polar surface area (TPSA) is 90.7 Å². The van der Waals surface area contributed by atoms with E-state index >= 15 is 0 Å². The first-order valence-electron chi connectivity index (χ1n) is 14.6. The van der Waals surface area contributed by atoms with Gasteiger partial charge in [-0.3, -0.25) is 14.5 Å². The smallest absolute Gasteiger partial charge is 0.273 e. The molecule has 2 saturated heterocycles. The number of amides is 2. The monoisotopic (exact) mass is 585 g/mol. The first-order valence-corrected chi connectivity index (χ1v) is 14.6. The SMILES string of the molecule is C=C(n1cncc1/C=C\C)C1(O)CCC(N2CCC3C2CCN3C(=O)CNC(=O)c2cccc(C(F)C(F)F)c2)CC1. The predicted molar refractivity (Wildman–Crippen MR) is 153 cm³/mol. The number of rotatable bonds is 9. The maximum Gasteiger partial charge on any atom is 0.273 e. The van der Waals surface area contributed by atoms with Crippen molar-refractivity contribution in [1.29, 1.82) is 0 Å². The van der Waals surface area contributed by atoms with Gasteiger partial charge < -0.3 is 19.9 Å². The summed E-state index contributed by atoms with van der Waals surface area (Å²) in [5.74, 6) is -0.809. The Morgan fingerprint density at radius 3 is 2.62 bits per heavy atom. The van der Waals surface area contributed by atoms with Crippen LogP contribution in [-0.4, -0.2) is 86.1 Å². The van der Waals surface area contributed by atoms with Crippen LogP contribution in [0.25, 0.3) is 11.8 Å². The summed E-state index contributed by atoms with van der Waals surface area (Å²) in [6, 6.07) is 5.64. The lowest BCUT2D eigenvalue weighted by Gasteiger charge is -2.42. The fourth-order valence-corrected chi connectivity index (χ4v) is 6.89. The van der Waals surface area contributed by atoms with Gasteiger partial charge in [0.25, 0.3) is 12.3 Å². The zero-order valence-electron chi connectivity index (χ0n) is 23.8. The molecule has 11 heteroatoms. The summed E-state index contributed by atoms with van der Waals surface area (Å²) in [4.78, 5) is 34.2. The summed E-state index contributed by atoms with van der Waals surface area (Å²) in [7, 11) is 0. The van der Waals surface area contributed by atoms with E-state index in [0.29, 0.717) is 31.1 Å². The number of nitrogens with zero attached hydrogens (tertiary/aromatic N) is 4. The van der Waals surface area contributed by atoms with Gasteiger partial charge in [0.2, 0.25) is 5.91 Å². The largest absolute Gasteiger partial charge is 0.384 e. The molecule has 8 nitrogen and oxygen atoms in total. The van der Waals surface area contributed by atoms with Crippen LogP contribution in [0.15, 0.2) is 49.4 Å². The van der Waals surface area contributed by atoms with Crippen LogP contribution < -0.4 is 5.32 Å². The number of carbonyl (C=O) groups is 2. The number of halogens is 3. The van der Waals surface area contributed by atoms with E-state index in [2.05, 4.69) is 21.8 Å². The number of likely N-dealkylation sites (tertiary alicyclic amines) is 2. The molecule has 3 atom stereocenters. The number of imidazole rings is 1. The molecule has 0 bridgehead atoms. The number of nitrogens with one attached hydrogen (secondary N) is 1. The number of hydrogen-bond donors (Lipinski definition) is 2. The number of aliphatic hydroxyl groups is 1. The molecule has 3 aliphatic rings. The van der Waals surface area contributed by atoms with Crippen LogP contribution in [0.5, 0.6) is 0 Å². The van der Waals surface area contributed by atoms with Crippen LogP contribution in [0.4, 0.5) is 13.2 Å². The lowest BCUT2D eigenvalue weighted by molar-refractivity contribution is -0.130. The maximum atomic E-state index is 13.7. The van der Waals surface area contributed by atoms with Crippen molar-refractivity contribution in [2.75, 3.05) is 19.6 Å². The van der Waals surface area contributed by atoms with Crippen molar-refractivity contribution in [3.05, 3.63) is 66.3 Å². The molecule has 2 N–H and O–H groups in total. The molecule has 42 heavy (non-hydrogen) atoms. The van der Waals surface area contributed by atoms with Gasteiger partial charge in [-0.2, -0.15) is 0 Å². The van der Waals surface area contributed by atoms with E-state index in [1.165, 1.54) is 18.2 Å². The first kappa shape index (κ1) is 30.0. The van der Waals surface area contributed by atoms with Crippen molar-refractivity contribution in [3.8, 4) is 0 Å². The molecule has 1 aliphatic carbocycles. The summed E-state index contributed by atoms with van der Waals surface area (Å²) in [6.07, 6.45) is 6.14. The van der Waals surface area contributed by atoms with Gasteiger partial charge in [0, 0.05) is 42.5 Å². The number of hydrogen-bond acceptors (Lipinski definition) is 5. The van der Waals surface area contributed by atoms with Crippen LogP contribution in [0, 0.1) is 0 Å². The fourth-order valence-electron chi connectivity index (χ4n) is 6.89. The zero-order chi connectivity index (χ0) is 30.0. The molecule has 3 heterocycles. The second-order valence-corrected chi connectivity index (χ2v) is 11.5. The van der Waals surface area contributed by atoms with E-state index in [1.807, 2.05) is 28.5 Å². The number of benzene rings is 1. The third kappa shape index (κ3) is 5.89. The summed E-state index contributed by atoms with van der Waals surface area (Å²) >= 11 is 0. The lowest BCUT2D eigenvalue weighted by atomic mass is 9.79. The average Bonchev–Trinajstić information content (AvgIpc) is 3.73. The quantitative estimate of drug-likeness (QED) is 0.454. The maximum absolute atomic E-state index is 13.7. The van der Waals surface area contributed by atoms with E-state index in [9.17, 15) is 27.9 Å². The van der Waals surface area contributed by atoms with Crippen molar-refractivity contribution in [2.24, 2.45) is 0 Å². The van der Waals surface area contributed by atoms with Crippen LogP contribution in [0.3, 0.4) is 0 Å². The molecule has 226 valence electrons. The molecule has 0 radical (unpaired) electrons. The Morgan fingerprint density at radius 2 is 1.90 bits per heavy atom. The molecule has 2 amide bonds. The molecule has 5 rings (SSSR count). The van der Waals surface area contributed by atoms with Crippen molar-refractivity contribution in [3.63, 3.8) is 0 Å². The Bertz CT molecular complexity index is 1340. The normalized spacial score (nSPS) is 27.0. The van der Waals surface area contributed by atoms with Gasteiger partial charge in [-0.25, -0.2) is 18.2 Å². The van der Waals surface area contributed by atoms with Gasteiger partial charge in [-0.15, -0.1) is 0 Å². The third-order valence-corrected chi connectivity index (χ3v) is 9.11. The van der Waals surface area contributed by atoms with E-state index in [0.717, 1.165) is 44.0 Å². The third-order valence-electron chi connectivity index (χ3n) is 9.11. The standard InChI is InChI=1S/C31H38F3N5O3/c1-3-5-24-17-35-19-39(24)20(2)31(42)12-8-23(9-13-31)37-14-10-26-25(37)11-15-38(26)27(40)18-36-30(41)22-7-4-6-21(16-22)28(32)29(33)34/h3-7,16-17,19,23,25-26,28-29,42H,2,8-15,18H2,1H3,(H,36,41)/b5-3-. The number of aromatic nitrogens is 2. The summed E-state index contributed by atoms with van der Waals surface area (Å²) in [5.41, 5.74) is 0.257. The Balaban J connectivity index is 1.14. The van der Waals surface area contributed by atoms with Gasteiger partial charge in [0.05, 0.1) is 24.8 Å². The highest BCUT2D eigenvalue weighted by atomic mass is 19.3. The molecule has 1 saturated carbocycles. The Kier molecular flexibility index (Phi) is 8.89. The van der Waals surface area contributed by atoms with Crippen molar-refractivity contribution in [2.45, 2.75) is 81.8 Å². The van der Waals surface area contributed by atoms with Gasteiger partial charge >= 0.3 is 0 Å². The summed E-state index contributed by atoms with van der Waals surface area (Å²) < 4.78 is 41.0. The van der Waals surface area contributed by atoms with Crippen LogP contribution >= 0.6 is 0 Å². The second kappa shape index (κ2) is 12.4. The first-order chi connectivity index (χ1) is 20.1. The van der Waals surface area contributed by atoms with Crippen LogP contribution in [-0.2, 0) is 4.79 Å². The molecule has 2 aliphatic heterocycles. The second-order valence-electron chi connectivity index (χ2n) is 11.5. The van der Waals surface area contributed by atoms with E-state index in [4.69, 9.17) is 0 Å². The number of allylic oxidation sites excluding steroid dienone is 1. The van der Waals surface area contributed by atoms with E-state index in [1.54, 1.807) is 12.5 Å². The van der Waals surface area contributed by atoms with E-state index < -0.39 is 24.1 Å². The van der Waals surface area contributed by atoms with Crippen molar-refractivity contribution < 1.29 is 27.9 Å². The summed E-state index contributed by atoms with van der Waals surface area (Å²) in [6.45, 7) is 7.38. The predicted octanol–water partition coefficient (Wildman–Crippen LogP) is 4.44. The molecule has 3 fully saturated rings. The lowest BCUT2D eigenvalue weighted by Crippen LogP contribution is -2.48. The Hall–Kier alpha value is -3.44. The van der Waals surface area contributed by atoms with E-state index in [-0.39, 0.29) is 35.7 Å². The molecule has 1 aromatic heterocycles. The summed E-state index contributed by atoms with van der Waals surface area (Å²) in [5, 5.41) is 14.1. The Morgan fingerprint density at radius 1 is 1.17 bits per heavy atom.